The van der Waals surface area contributed by atoms with Crippen LogP contribution in [-0.2, 0) is 15.0 Å². The van der Waals surface area contributed by atoms with Gasteiger partial charge in [0.15, 0.2) is 0 Å². The molecule has 0 atom stereocenters. The Kier molecular flexibility index (Phi) is 6.05. The zero-order valence-electron chi connectivity index (χ0n) is 18.1. The first kappa shape index (κ1) is 22.7. The summed E-state index contributed by atoms with van der Waals surface area (Å²) in [5.41, 5.74) is 0.506. The van der Waals surface area contributed by atoms with Crippen LogP contribution >= 0.6 is 0 Å². The molecule has 2 aromatic carbocycles. The van der Waals surface area contributed by atoms with Gasteiger partial charge < -0.3 is 10.6 Å². The van der Waals surface area contributed by atoms with Crippen molar-refractivity contribution in [2.75, 3.05) is 14.1 Å². The second kappa shape index (κ2) is 8.80. The molecule has 1 aliphatic rings. The average Bonchev–Trinajstić information content (AvgIpc) is 3.52. The van der Waals surface area contributed by atoms with Crippen molar-refractivity contribution in [1.29, 1.82) is 0 Å². The number of nitrogens with one attached hydrogen (secondary N) is 2. The van der Waals surface area contributed by atoms with Gasteiger partial charge in [0, 0.05) is 37.3 Å². The Balaban J connectivity index is 1.80. The van der Waals surface area contributed by atoms with Crippen molar-refractivity contribution < 1.29 is 22.4 Å². The van der Waals surface area contributed by atoms with Crippen LogP contribution in [0.1, 0.15) is 28.8 Å². The SMILES string of the molecule is CN(C)S(=O)(=O)n1cc(/C=C(\NC(=O)c2ccccc2F)C(=O)NC2CC2)c2ccccc21. The fraction of sp³-hybridized carbons (Fsp3) is 0.217. The number of halogens is 1. The highest BCUT2D eigenvalue weighted by atomic mass is 32.2. The topological polar surface area (TPSA) is 101 Å². The van der Waals surface area contributed by atoms with E-state index in [0.29, 0.717) is 16.5 Å². The summed E-state index contributed by atoms with van der Waals surface area (Å²) >= 11 is 0. The molecule has 0 unspecified atom stereocenters. The highest BCUT2D eigenvalue weighted by molar-refractivity contribution is 7.87. The van der Waals surface area contributed by atoms with E-state index in [1.807, 2.05) is 0 Å². The smallest absolute Gasteiger partial charge is 0.307 e. The molecule has 0 bridgehead atoms. The minimum absolute atomic E-state index is 0.0155. The summed E-state index contributed by atoms with van der Waals surface area (Å²) in [5, 5.41) is 5.86. The lowest BCUT2D eigenvalue weighted by Crippen LogP contribution is -2.36. The predicted molar refractivity (Wildman–Crippen MR) is 123 cm³/mol. The molecule has 2 N–H and O–H groups in total. The highest BCUT2D eigenvalue weighted by Gasteiger charge is 2.27. The van der Waals surface area contributed by atoms with E-state index in [1.54, 1.807) is 24.3 Å². The maximum atomic E-state index is 14.1. The molecule has 1 fully saturated rings. The van der Waals surface area contributed by atoms with Crippen LogP contribution in [0.5, 0.6) is 0 Å². The van der Waals surface area contributed by atoms with E-state index in [-0.39, 0.29) is 17.3 Å². The first-order chi connectivity index (χ1) is 15.7. The summed E-state index contributed by atoms with van der Waals surface area (Å²) < 4.78 is 41.9. The van der Waals surface area contributed by atoms with Crippen LogP contribution < -0.4 is 10.6 Å². The molecule has 33 heavy (non-hydrogen) atoms. The molecule has 0 spiro atoms. The number of benzene rings is 2. The van der Waals surface area contributed by atoms with Gasteiger partial charge in [0.2, 0.25) is 0 Å². The number of aromatic nitrogens is 1. The quantitative estimate of drug-likeness (QED) is 0.518. The standard InChI is InChI=1S/C23H23FN4O4S/c1-27(2)33(31,32)28-14-15(17-7-4-6-10-21(17)28)13-20(23(30)25-16-11-12-16)26-22(29)18-8-3-5-9-19(18)24/h3-10,13-14,16H,11-12H2,1-2H3,(H,25,30)(H,26,29)/b20-13-. The second-order valence-electron chi connectivity index (χ2n) is 7.93. The lowest BCUT2D eigenvalue weighted by molar-refractivity contribution is -0.117. The van der Waals surface area contributed by atoms with Crippen LogP contribution in [0.25, 0.3) is 17.0 Å². The molecule has 8 nitrogen and oxygen atoms in total. The number of carbonyl (C=O) groups excluding carboxylic acids is 2. The van der Waals surface area contributed by atoms with E-state index >= 15 is 0 Å². The highest BCUT2D eigenvalue weighted by Crippen LogP contribution is 2.26. The number of fused-ring (bicyclic) bond motifs is 1. The molecule has 1 aliphatic carbocycles. The number of hydrogen-bond donors (Lipinski definition) is 2. The molecular weight excluding hydrogens is 447 g/mol. The Bertz CT molecular complexity index is 1370. The molecule has 1 aromatic heterocycles. The summed E-state index contributed by atoms with van der Waals surface area (Å²) in [7, 11) is -0.997. The number of para-hydroxylation sites is 1. The van der Waals surface area contributed by atoms with E-state index in [4.69, 9.17) is 0 Å². The second-order valence-corrected chi connectivity index (χ2v) is 9.95. The molecule has 0 radical (unpaired) electrons. The molecule has 4 rings (SSSR count). The monoisotopic (exact) mass is 470 g/mol. The van der Waals surface area contributed by atoms with Gasteiger partial charge in [-0.1, -0.05) is 30.3 Å². The number of rotatable bonds is 7. The third-order valence-corrected chi connectivity index (χ3v) is 6.96. The Morgan fingerprint density at radius 1 is 1.09 bits per heavy atom. The van der Waals surface area contributed by atoms with Crippen LogP contribution in [0.4, 0.5) is 4.39 Å². The minimum Gasteiger partial charge on any atom is -0.348 e. The molecule has 2 amide bonds. The fourth-order valence-electron chi connectivity index (χ4n) is 3.30. The Morgan fingerprint density at radius 3 is 2.42 bits per heavy atom. The number of carbonyl (C=O) groups is 2. The number of nitrogens with zero attached hydrogens (tertiary/aromatic N) is 2. The van der Waals surface area contributed by atoms with E-state index in [2.05, 4.69) is 10.6 Å². The Labute approximate surface area is 190 Å². The molecular formula is C23H23FN4O4S. The lowest BCUT2D eigenvalue weighted by atomic mass is 10.1. The third-order valence-electron chi connectivity index (χ3n) is 5.24. The summed E-state index contributed by atoms with van der Waals surface area (Å²) in [6.45, 7) is 0. The summed E-state index contributed by atoms with van der Waals surface area (Å²) in [5.74, 6) is -2.03. The Morgan fingerprint density at radius 2 is 1.76 bits per heavy atom. The van der Waals surface area contributed by atoms with Crippen molar-refractivity contribution in [3.8, 4) is 0 Å². The van der Waals surface area contributed by atoms with Crippen LogP contribution in [0.2, 0.25) is 0 Å². The fourth-order valence-corrected chi connectivity index (χ4v) is 4.30. The minimum atomic E-state index is -3.84. The van der Waals surface area contributed by atoms with Crippen LogP contribution in [0.15, 0.2) is 60.4 Å². The summed E-state index contributed by atoms with van der Waals surface area (Å²) in [6, 6.07) is 12.3. The van der Waals surface area contributed by atoms with Crippen molar-refractivity contribution in [1.82, 2.24) is 18.9 Å². The number of amides is 2. The van der Waals surface area contributed by atoms with Gasteiger partial charge >= 0.3 is 10.2 Å². The van der Waals surface area contributed by atoms with Crippen molar-refractivity contribution in [3.05, 3.63) is 77.4 Å². The zero-order chi connectivity index (χ0) is 23.8. The molecule has 1 saturated carbocycles. The van der Waals surface area contributed by atoms with Gasteiger partial charge in [0.25, 0.3) is 11.8 Å². The van der Waals surface area contributed by atoms with Gasteiger partial charge in [-0.2, -0.15) is 12.7 Å². The van der Waals surface area contributed by atoms with Crippen molar-refractivity contribution in [2.45, 2.75) is 18.9 Å². The van der Waals surface area contributed by atoms with Gasteiger partial charge in [-0.15, -0.1) is 0 Å². The van der Waals surface area contributed by atoms with Crippen LogP contribution in [-0.4, -0.2) is 48.6 Å². The van der Waals surface area contributed by atoms with Gasteiger partial charge in [0.1, 0.15) is 11.5 Å². The van der Waals surface area contributed by atoms with Gasteiger partial charge in [-0.25, -0.2) is 8.36 Å². The van der Waals surface area contributed by atoms with E-state index in [1.165, 1.54) is 44.6 Å². The van der Waals surface area contributed by atoms with Gasteiger partial charge in [-0.3, -0.25) is 9.59 Å². The van der Waals surface area contributed by atoms with Gasteiger partial charge in [-0.05, 0) is 37.1 Å². The molecule has 0 saturated heterocycles. The molecule has 172 valence electrons. The lowest BCUT2D eigenvalue weighted by Gasteiger charge is -2.13. The molecule has 1 heterocycles. The van der Waals surface area contributed by atoms with Gasteiger partial charge in [0.05, 0.1) is 11.1 Å². The zero-order valence-corrected chi connectivity index (χ0v) is 18.9. The van der Waals surface area contributed by atoms with Crippen LogP contribution in [0.3, 0.4) is 0 Å². The van der Waals surface area contributed by atoms with E-state index < -0.39 is 27.8 Å². The average molecular weight is 471 g/mol. The normalized spacial score (nSPS) is 14.5. The first-order valence-corrected chi connectivity index (χ1v) is 11.7. The number of hydrogen-bond acceptors (Lipinski definition) is 4. The largest absolute Gasteiger partial charge is 0.348 e. The maximum absolute atomic E-state index is 14.1. The van der Waals surface area contributed by atoms with Crippen molar-refractivity contribution in [2.24, 2.45) is 0 Å². The van der Waals surface area contributed by atoms with Crippen LogP contribution in [0, 0.1) is 5.82 Å². The molecule has 3 aromatic rings. The van der Waals surface area contributed by atoms with E-state index in [0.717, 1.165) is 27.2 Å². The molecule has 10 heteroatoms. The summed E-state index contributed by atoms with van der Waals surface area (Å²) in [6.07, 6.45) is 4.46. The van der Waals surface area contributed by atoms with Crippen molar-refractivity contribution in [3.63, 3.8) is 0 Å². The summed E-state index contributed by atoms with van der Waals surface area (Å²) in [4.78, 5) is 25.6. The van der Waals surface area contributed by atoms with Crippen molar-refractivity contribution >= 4 is 39.0 Å². The first-order valence-electron chi connectivity index (χ1n) is 10.3. The molecule has 0 aliphatic heterocycles. The van der Waals surface area contributed by atoms with E-state index in [9.17, 15) is 22.4 Å². The maximum Gasteiger partial charge on any atom is 0.307 e. The Hall–Kier alpha value is -3.50. The third kappa shape index (κ3) is 4.67. The predicted octanol–water partition coefficient (Wildman–Crippen LogP) is 2.48.